The van der Waals surface area contributed by atoms with Gasteiger partial charge < -0.3 is 5.32 Å². The lowest BCUT2D eigenvalue weighted by molar-refractivity contribution is -0.137. The zero-order valence-corrected chi connectivity index (χ0v) is 16.5. The lowest BCUT2D eigenvalue weighted by atomic mass is 10.0. The smallest absolute Gasteiger partial charge is 0.339 e. The Hall–Kier alpha value is -3.60. The first-order chi connectivity index (χ1) is 14.3. The molecule has 3 aromatic rings. The Morgan fingerprint density at radius 1 is 1.07 bits per heavy atom. The van der Waals surface area contributed by atoms with Crippen molar-refractivity contribution in [3.05, 3.63) is 71.9 Å². The SMILES string of the molecule is CC(C)Cc1ccccc1Nc1nc(N(C#N)c2ccccc2)ncc1C(F)(F)F. The first-order valence-electron chi connectivity index (χ1n) is 9.33. The van der Waals surface area contributed by atoms with E-state index in [9.17, 15) is 18.4 Å². The predicted molar refractivity (Wildman–Crippen MR) is 109 cm³/mol. The Morgan fingerprint density at radius 2 is 1.73 bits per heavy atom. The second-order valence-electron chi connectivity index (χ2n) is 7.08. The minimum Gasteiger partial charge on any atom is -0.339 e. The Kier molecular flexibility index (Phi) is 6.21. The standard InChI is InChI=1S/C22H20F3N5/c1-15(2)12-16-8-6-7-11-19(16)28-20-18(22(23,24)25)13-27-21(29-20)30(14-26)17-9-4-3-5-10-17/h3-11,13,15H,12H2,1-2H3,(H,27,28,29). The van der Waals surface area contributed by atoms with Gasteiger partial charge in [0, 0.05) is 11.9 Å². The van der Waals surface area contributed by atoms with Crippen LogP contribution in [0.2, 0.25) is 0 Å². The van der Waals surface area contributed by atoms with Crippen molar-refractivity contribution in [1.29, 1.82) is 5.26 Å². The molecule has 2 aromatic carbocycles. The molecule has 1 heterocycles. The van der Waals surface area contributed by atoms with Gasteiger partial charge in [-0.2, -0.15) is 23.4 Å². The Balaban J connectivity index is 2.07. The molecule has 0 aliphatic rings. The number of anilines is 4. The van der Waals surface area contributed by atoms with E-state index in [1.165, 1.54) is 0 Å². The lowest BCUT2D eigenvalue weighted by Gasteiger charge is -2.19. The summed E-state index contributed by atoms with van der Waals surface area (Å²) in [4.78, 5) is 8.94. The van der Waals surface area contributed by atoms with Gasteiger partial charge in [0.15, 0.2) is 6.19 Å². The molecule has 154 valence electrons. The second-order valence-corrected chi connectivity index (χ2v) is 7.08. The van der Waals surface area contributed by atoms with E-state index in [0.717, 1.165) is 10.5 Å². The van der Waals surface area contributed by atoms with Gasteiger partial charge in [0.05, 0.1) is 5.69 Å². The molecule has 0 unspecified atom stereocenters. The number of rotatable bonds is 6. The van der Waals surface area contributed by atoms with Gasteiger partial charge in [0.1, 0.15) is 11.4 Å². The summed E-state index contributed by atoms with van der Waals surface area (Å²) in [6.07, 6.45) is -1.35. The average Bonchev–Trinajstić information content (AvgIpc) is 2.70. The van der Waals surface area contributed by atoms with Crippen LogP contribution in [0.15, 0.2) is 60.8 Å². The highest BCUT2D eigenvalue weighted by atomic mass is 19.4. The summed E-state index contributed by atoms with van der Waals surface area (Å²) in [5.74, 6) is -0.233. The summed E-state index contributed by atoms with van der Waals surface area (Å²) in [6.45, 7) is 4.07. The Bertz CT molecular complexity index is 1040. The van der Waals surface area contributed by atoms with Gasteiger partial charge in [-0.15, -0.1) is 0 Å². The molecule has 0 atom stereocenters. The number of aromatic nitrogens is 2. The molecule has 0 fully saturated rings. The van der Waals surface area contributed by atoms with Gasteiger partial charge in [0.25, 0.3) is 0 Å². The van der Waals surface area contributed by atoms with Crippen LogP contribution in [0.25, 0.3) is 0 Å². The van der Waals surface area contributed by atoms with E-state index in [2.05, 4.69) is 15.3 Å². The molecule has 0 radical (unpaired) electrons. The van der Waals surface area contributed by atoms with Crippen LogP contribution in [0.4, 0.5) is 36.3 Å². The number of halogens is 3. The maximum atomic E-state index is 13.6. The molecule has 1 aromatic heterocycles. The van der Waals surface area contributed by atoms with Crippen LogP contribution >= 0.6 is 0 Å². The van der Waals surface area contributed by atoms with Crippen LogP contribution in [0.1, 0.15) is 25.0 Å². The van der Waals surface area contributed by atoms with E-state index in [4.69, 9.17) is 0 Å². The monoisotopic (exact) mass is 411 g/mol. The molecule has 8 heteroatoms. The van der Waals surface area contributed by atoms with Crippen molar-refractivity contribution in [2.45, 2.75) is 26.4 Å². The number of para-hydroxylation sites is 2. The first-order valence-corrected chi connectivity index (χ1v) is 9.33. The number of nitrogens with one attached hydrogen (secondary N) is 1. The normalized spacial score (nSPS) is 11.2. The van der Waals surface area contributed by atoms with Gasteiger partial charge >= 0.3 is 6.18 Å². The van der Waals surface area contributed by atoms with Gasteiger partial charge in [-0.05, 0) is 36.1 Å². The van der Waals surface area contributed by atoms with Gasteiger partial charge in [0.2, 0.25) is 5.95 Å². The number of alkyl halides is 3. The Labute approximate surface area is 172 Å². The molecule has 0 aliphatic carbocycles. The Morgan fingerprint density at radius 3 is 2.37 bits per heavy atom. The van der Waals surface area contributed by atoms with Crippen molar-refractivity contribution in [1.82, 2.24) is 9.97 Å². The summed E-state index contributed by atoms with van der Waals surface area (Å²) < 4.78 is 40.8. The molecule has 0 spiro atoms. The third-order valence-corrected chi connectivity index (χ3v) is 4.29. The van der Waals surface area contributed by atoms with Crippen molar-refractivity contribution in [3.63, 3.8) is 0 Å². The molecule has 1 N–H and O–H groups in total. The summed E-state index contributed by atoms with van der Waals surface area (Å²) in [6, 6.07) is 15.6. The molecule has 30 heavy (non-hydrogen) atoms. The van der Waals surface area contributed by atoms with Crippen LogP contribution in [-0.4, -0.2) is 9.97 Å². The average molecular weight is 411 g/mol. The summed E-state index contributed by atoms with van der Waals surface area (Å²) in [7, 11) is 0. The predicted octanol–water partition coefficient (Wildman–Crippen LogP) is 6.06. The molecule has 0 saturated carbocycles. The largest absolute Gasteiger partial charge is 0.421 e. The number of hydrogen-bond acceptors (Lipinski definition) is 5. The fraction of sp³-hybridized carbons (Fsp3) is 0.227. The van der Waals surface area contributed by atoms with Crippen LogP contribution in [0.3, 0.4) is 0 Å². The summed E-state index contributed by atoms with van der Waals surface area (Å²) in [5.41, 5.74) is 0.855. The maximum Gasteiger partial charge on any atom is 0.421 e. The van der Waals surface area contributed by atoms with E-state index in [0.29, 0.717) is 29.9 Å². The van der Waals surface area contributed by atoms with Crippen LogP contribution in [-0.2, 0) is 12.6 Å². The minimum atomic E-state index is -4.65. The highest BCUT2D eigenvalue weighted by molar-refractivity contribution is 5.67. The zero-order valence-electron chi connectivity index (χ0n) is 16.5. The highest BCUT2D eigenvalue weighted by Gasteiger charge is 2.36. The van der Waals surface area contributed by atoms with Crippen LogP contribution in [0.5, 0.6) is 0 Å². The van der Waals surface area contributed by atoms with Crippen molar-refractivity contribution in [2.24, 2.45) is 5.92 Å². The van der Waals surface area contributed by atoms with Crippen molar-refractivity contribution < 1.29 is 13.2 Å². The minimum absolute atomic E-state index is 0.152. The number of nitrogens with zero attached hydrogens (tertiary/aromatic N) is 4. The number of nitriles is 1. The van der Waals surface area contributed by atoms with E-state index in [-0.39, 0.29) is 5.95 Å². The number of benzene rings is 2. The second kappa shape index (κ2) is 8.82. The van der Waals surface area contributed by atoms with Crippen molar-refractivity contribution >= 4 is 23.1 Å². The lowest BCUT2D eigenvalue weighted by Crippen LogP contribution is -2.17. The maximum absolute atomic E-state index is 13.6. The molecular weight excluding hydrogens is 391 g/mol. The van der Waals surface area contributed by atoms with Crippen LogP contribution in [0, 0.1) is 17.4 Å². The van der Waals surface area contributed by atoms with Gasteiger partial charge in [-0.3, -0.25) is 0 Å². The molecular formula is C22H20F3N5. The van der Waals surface area contributed by atoms with Gasteiger partial charge in [-0.25, -0.2) is 9.88 Å². The van der Waals surface area contributed by atoms with Crippen LogP contribution < -0.4 is 10.2 Å². The zero-order chi connectivity index (χ0) is 21.7. The van der Waals surface area contributed by atoms with E-state index in [1.54, 1.807) is 42.5 Å². The molecule has 0 aliphatic heterocycles. The van der Waals surface area contributed by atoms with E-state index >= 15 is 0 Å². The van der Waals surface area contributed by atoms with E-state index in [1.807, 2.05) is 32.2 Å². The molecule has 0 amide bonds. The quantitative estimate of drug-likeness (QED) is 0.395. The topological polar surface area (TPSA) is 64.8 Å². The summed E-state index contributed by atoms with van der Waals surface area (Å²) >= 11 is 0. The summed E-state index contributed by atoms with van der Waals surface area (Å²) in [5, 5.41) is 12.4. The third-order valence-electron chi connectivity index (χ3n) is 4.29. The fourth-order valence-corrected chi connectivity index (χ4v) is 2.97. The molecule has 3 rings (SSSR count). The molecule has 0 saturated heterocycles. The fourth-order valence-electron chi connectivity index (χ4n) is 2.97. The van der Waals surface area contributed by atoms with E-state index < -0.39 is 17.6 Å². The van der Waals surface area contributed by atoms with Crippen molar-refractivity contribution in [2.75, 3.05) is 10.2 Å². The van der Waals surface area contributed by atoms with Crippen molar-refractivity contribution in [3.8, 4) is 6.19 Å². The molecule has 5 nitrogen and oxygen atoms in total. The highest BCUT2D eigenvalue weighted by Crippen LogP contribution is 2.36. The third kappa shape index (κ3) is 4.87. The number of hydrogen-bond donors (Lipinski definition) is 1. The first kappa shape index (κ1) is 21.1. The van der Waals surface area contributed by atoms with Gasteiger partial charge in [-0.1, -0.05) is 50.2 Å². The molecule has 0 bridgehead atoms.